The fourth-order valence-corrected chi connectivity index (χ4v) is 3.07. The largest absolute Gasteiger partial charge is 0.363 e. The SMILES string of the molecule is CNc1nnc(SCC(=O)NCCc2ccccc2)s1. The Balaban J connectivity index is 1.65. The quantitative estimate of drug-likeness (QED) is 0.766. The maximum Gasteiger partial charge on any atom is 0.230 e. The van der Waals surface area contributed by atoms with Crippen LogP contribution in [0.3, 0.4) is 0 Å². The summed E-state index contributed by atoms with van der Waals surface area (Å²) in [6.07, 6.45) is 0.847. The van der Waals surface area contributed by atoms with Crippen molar-refractivity contribution >= 4 is 34.1 Å². The highest BCUT2D eigenvalue weighted by Crippen LogP contribution is 2.24. The monoisotopic (exact) mass is 308 g/mol. The zero-order valence-electron chi connectivity index (χ0n) is 11.1. The van der Waals surface area contributed by atoms with E-state index >= 15 is 0 Å². The van der Waals surface area contributed by atoms with Crippen LogP contribution in [0.25, 0.3) is 0 Å². The molecule has 0 aliphatic rings. The van der Waals surface area contributed by atoms with Gasteiger partial charge < -0.3 is 10.6 Å². The molecule has 1 aromatic heterocycles. The van der Waals surface area contributed by atoms with Crippen molar-refractivity contribution in [3.8, 4) is 0 Å². The summed E-state index contributed by atoms with van der Waals surface area (Å²) in [5.74, 6) is 0.389. The Morgan fingerprint density at radius 1 is 1.30 bits per heavy atom. The summed E-state index contributed by atoms with van der Waals surface area (Å²) in [6.45, 7) is 0.654. The van der Waals surface area contributed by atoms with Gasteiger partial charge in [0, 0.05) is 13.6 Å². The number of nitrogens with one attached hydrogen (secondary N) is 2. The molecule has 0 radical (unpaired) electrons. The molecule has 0 aliphatic heterocycles. The zero-order valence-corrected chi connectivity index (χ0v) is 12.8. The van der Waals surface area contributed by atoms with Crippen molar-refractivity contribution in [3.05, 3.63) is 35.9 Å². The van der Waals surface area contributed by atoms with E-state index in [0.717, 1.165) is 15.9 Å². The highest BCUT2D eigenvalue weighted by molar-refractivity contribution is 8.01. The van der Waals surface area contributed by atoms with Gasteiger partial charge in [-0.1, -0.05) is 53.4 Å². The summed E-state index contributed by atoms with van der Waals surface area (Å²) in [4.78, 5) is 11.7. The normalized spacial score (nSPS) is 10.2. The van der Waals surface area contributed by atoms with E-state index in [-0.39, 0.29) is 5.91 Å². The van der Waals surface area contributed by atoms with E-state index < -0.39 is 0 Å². The molecule has 2 aromatic rings. The van der Waals surface area contributed by atoms with E-state index in [1.54, 1.807) is 7.05 Å². The van der Waals surface area contributed by atoms with E-state index in [4.69, 9.17) is 0 Å². The van der Waals surface area contributed by atoms with E-state index in [9.17, 15) is 4.79 Å². The summed E-state index contributed by atoms with van der Waals surface area (Å²) in [6, 6.07) is 10.1. The van der Waals surface area contributed by atoms with Crippen LogP contribution in [0.15, 0.2) is 34.7 Å². The Morgan fingerprint density at radius 3 is 2.80 bits per heavy atom. The van der Waals surface area contributed by atoms with Crippen LogP contribution in [0.4, 0.5) is 5.13 Å². The van der Waals surface area contributed by atoms with Crippen molar-refractivity contribution in [1.29, 1.82) is 0 Å². The number of hydrogen-bond acceptors (Lipinski definition) is 6. The zero-order chi connectivity index (χ0) is 14.2. The average Bonchev–Trinajstić information content (AvgIpc) is 2.94. The van der Waals surface area contributed by atoms with Crippen LogP contribution >= 0.6 is 23.1 Å². The molecule has 0 saturated carbocycles. The lowest BCUT2D eigenvalue weighted by Gasteiger charge is -2.04. The minimum Gasteiger partial charge on any atom is -0.363 e. The van der Waals surface area contributed by atoms with Gasteiger partial charge in [-0.05, 0) is 12.0 Å². The fourth-order valence-electron chi connectivity index (χ4n) is 1.54. The molecular weight excluding hydrogens is 292 g/mol. The van der Waals surface area contributed by atoms with Crippen molar-refractivity contribution in [2.24, 2.45) is 0 Å². The number of hydrogen-bond donors (Lipinski definition) is 2. The van der Waals surface area contributed by atoms with Gasteiger partial charge in [-0.15, -0.1) is 10.2 Å². The second kappa shape index (κ2) is 7.86. The summed E-state index contributed by atoms with van der Waals surface area (Å²) < 4.78 is 0.799. The number of aromatic nitrogens is 2. The molecule has 0 bridgehead atoms. The Labute approximate surface area is 126 Å². The van der Waals surface area contributed by atoms with Gasteiger partial charge in [0.05, 0.1) is 5.75 Å². The molecule has 106 valence electrons. The topological polar surface area (TPSA) is 66.9 Å². The van der Waals surface area contributed by atoms with Crippen LogP contribution < -0.4 is 10.6 Å². The van der Waals surface area contributed by atoms with Crippen LogP contribution in [-0.2, 0) is 11.2 Å². The van der Waals surface area contributed by atoms with Crippen LogP contribution in [0.1, 0.15) is 5.56 Å². The number of rotatable bonds is 7. The van der Waals surface area contributed by atoms with Gasteiger partial charge in [0.1, 0.15) is 0 Å². The smallest absolute Gasteiger partial charge is 0.230 e. The first-order valence-corrected chi connectivity index (χ1v) is 8.03. The summed E-state index contributed by atoms with van der Waals surface area (Å²) in [7, 11) is 1.80. The van der Waals surface area contributed by atoms with Gasteiger partial charge in [0.25, 0.3) is 0 Å². The first-order valence-electron chi connectivity index (χ1n) is 6.22. The van der Waals surface area contributed by atoms with Gasteiger partial charge in [-0.25, -0.2) is 0 Å². The predicted octanol–water partition coefficient (Wildman–Crippen LogP) is 2.03. The van der Waals surface area contributed by atoms with Crippen molar-refractivity contribution in [1.82, 2.24) is 15.5 Å². The van der Waals surface area contributed by atoms with Gasteiger partial charge in [-0.3, -0.25) is 4.79 Å². The van der Waals surface area contributed by atoms with Gasteiger partial charge in [0.15, 0.2) is 4.34 Å². The first-order chi connectivity index (χ1) is 9.78. The number of benzene rings is 1. The van der Waals surface area contributed by atoms with E-state index in [2.05, 4.69) is 33.0 Å². The summed E-state index contributed by atoms with van der Waals surface area (Å²) >= 11 is 2.85. The Hall–Kier alpha value is -1.60. The number of nitrogens with zero attached hydrogens (tertiary/aromatic N) is 2. The maximum absolute atomic E-state index is 11.7. The third kappa shape index (κ3) is 4.82. The molecule has 7 heteroatoms. The second-order valence-corrected chi connectivity index (χ2v) is 6.20. The molecule has 2 rings (SSSR count). The molecule has 20 heavy (non-hydrogen) atoms. The molecule has 5 nitrogen and oxygen atoms in total. The lowest BCUT2D eigenvalue weighted by Crippen LogP contribution is -2.27. The molecule has 0 saturated heterocycles. The minimum absolute atomic E-state index is 0.0205. The van der Waals surface area contributed by atoms with Crippen LogP contribution in [0.2, 0.25) is 0 Å². The fraction of sp³-hybridized carbons (Fsp3) is 0.308. The standard InChI is InChI=1S/C13H16N4OS2/c1-14-12-16-17-13(20-12)19-9-11(18)15-8-7-10-5-3-2-4-6-10/h2-6H,7-9H2,1H3,(H,14,16)(H,15,18). The maximum atomic E-state index is 11.7. The van der Waals surface area contributed by atoms with Crippen molar-refractivity contribution in [3.63, 3.8) is 0 Å². The molecule has 0 atom stereocenters. The molecule has 1 aromatic carbocycles. The number of carbonyl (C=O) groups is 1. The second-order valence-electron chi connectivity index (χ2n) is 4.00. The molecule has 0 spiro atoms. The molecule has 1 heterocycles. The van der Waals surface area contributed by atoms with Crippen LogP contribution in [0.5, 0.6) is 0 Å². The number of anilines is 1. The van der Waals surface area contributed by atoms with Crippen LogP contribution in [-0.4, -0.2) is 35.4 Å². The summed E-state index contributed by atoms with van der Waals surface area (Å²) in [5.41, 5.74) is 1.23. The third-order valence-corrected chi connectivity index (χ3v) is 4.60. The van der Waals surface area contributed by atoms with Crippen molar-refractivity contribution in [2.75, 3.05) is 24.7 Å². The number of amides is 1. The van der Waals surface area contributed by atoms with Crippen LogP contribution in [0, 0.1) is 0 Å². The molecule has 0 fully saturated rings. The predicted molar refractivity (Wildman–Crippen MR) is 83.3 cm³/mol. The minimum atomic E-state index is 0.0205. The van der Waals surface area contributed by atoms with Gasteiger partial charge in [0.2, 0.25) is 11.0 Å². The number of carbonyl (C=O) groups excluding carboxylic acids is 1. The van der Waals surface area contributed by atoms with Crippen molar-refractivity contribution < 1.29 is 4.79 Å². The molecule has 0 aliphatic carbocycles. The highest BCUT2D eigenvalue weighted by atomic mass is 32.2. The van der Waals surface area contributed by atoms with Gasteiger partial charge >= 0.3 is 0 Å². The molecular formula is C13H16N4OS2. The van der Waals surface area contributed by atoms with Crippen molar-refractivity contribution in [2.45, 2.75) is 10.8 Å². The third-order valence-electron chi connectivity index (χ3n) is 2.53. The number of thioether (sulfide) groups is 1. The summed E-state index contributed by atoms with van der Waals surface area (Å²) in [5, 5.41) is 14.5. The average molecular weight is 308 g/mol. The Kier molecular flexibility index (Phi) is 5.82. The lowest BCUT2D eigenvalue weighted by atomic mass is 10.1. The van der Waals surface area contributed by atoms with E-state index in [0.29, 0.717) is 12.3 Å². The van der Waals surface area contributed by atoms with E-state index in [1.165, 1.54) is 28.7 Å². The highest BCUT2D eigenvalue weighted by Gasteiger charge is 2.07. The van der Waals surface area contributed by atoms with E-state index in [1.807, 2.05) is 18.2 Å². The Bertz CT molecular complexity index is 544. The molecule has 2 N–H and O–H groups in total. The Morgan fingerprint density at radius 2 is 2.10 bits per heavy atom. The molecule has 1 amide bonds. The first kappa shape index (κ1) is 14.8. The lowest BCUT2D eigenvalue weighted by molar-refractivity contribution is -0.118. The van der Waals surface area contributed by atoms with Gasteiger partial charge in [-0.2, -0.15) is 0 Å². The molecule has 0 unspecified atom stereocenters.